The minimum absolute atomic E-state index is 0. The number of halogens is 1. The second kappa shape index (κ2) is 3.85. The van der Waals surface area contributed by atoms with Gasteiger partial charge in [0, 0.05) is 18.4 Å². The number of hydrogen-bond donors (Lipinski definition) is 0. The van der Waals surface area contributed by atoms with Gasteiger partial charge >= 0.3 is 0 Å². The first-order valence-corrected chi connectivity index (χ1v) is 3.73. The van der Waals surface area contributed by atoms with Gasteiger partial charge in [0.05, 0.1) is 0 Å². The lowest BCUT2D eigenvalue weighted by molar-refractivity contribution is -0.385. The van der Waals surface area contributed by atoms with Crippen molar-refractivity contribution in [2.75, 3.05) is 0 Å². The van der Waals surface area contributed by atoms with Crippen molar-refractivity contribution < 1.29 is 29.0 Å². The molecular weight excluding hydrogens is 261 g/mol. The molecule has 0 aliphatic rings. The quantitative estimate of drug-likeness (QED) is 0.544. The van der Waals surface area contributed by atoms with E-state index in [-0.39, 0.29) is 24.0 Å². The zero-order valence-corrected chi connectivity index (χ0v) is 9.00. The summed E-state index contributed by atoms with van der Waals surface area (Å²) in [7, 11) is 0. The molecule has 1 aromatic heterocycles. The Hall–Kier alpha value is -0.640. The van der Waals surface area contributed by atoms with E-state index >= 15 is 0 Å². The van der Waals surface area contributed by atoms with Crippen LogP contribution in [0.25, 0.3) is 10.8 Å². The summed E-state index contributed by atoms with van der Waals surface area (Å²) in [5, 5.41) is 2.56. The largest absolute Gasteiger partial charge is 1.00 e. The lowest BCUT2D eigenvalue weighted by atomic mass is 10.1. The smallest absolute Gasteiger partial charge is 0.177 e. The molecular formula is C10H10IN. The van der Waals surface area contributed by atoms with Gasteiger partial charge in [0.15, 0.2) is 11.9 Å². The van der Waals surface area contributed by atoms with Crippen LogP contribution in [-0.4, -0.2) is 0 Å². The predicted molar refractivity (Wildman–Crippen MR) is 45.2 cm³/mol. The molecule has 1 aromatic carbocycles. The van der Waals surface area contributed by atoms with Crippen LogP contribution in [0.4, 0.5) is 0 Å². The average Bonchev–Trinajstić information content (AvgIpc) is 2.04. The van der Waals surface area contributed by atoms with Gasteiger partial charge in [-0.1, -0.05) is 18.2 Å². The highest BCUT2D eigenvalue weighted by Crippen LogP contribution is 2.10. The Balaban J connectivity index is 0.000000720. The molecule has 2 rings (SSSR count). The van der Waals surface area contributed by atoms with Gasteiger partial charge < -0.3 is 24.0 Å². The number of fused-ring (bicyclic) bond motifs is 1. The number of H-pyrrole nitrogens is 1. The van der Waals surface area contributed by atoms with Crippen molar-refractivity contribution in [1.29, 1.82) is 0 Å². The summed E-state index contributed by atoms with van der Waals surface area (Å²) < 4.78 is 0. The first kappa shape index (κ1) is 9.45. The lowest BCUT2D eigenvalue weighted by Gasteiger charge is -1.91. The molecule has 0 radical (unpaired) electrons. The van der Waals surface area contributed by atoms with E-state index in [0.29, 0.717) is 0 Å². The summed E-state index contributed by atoms with van der Waals surface area (Å²) >= 11 is 0. The van der Waals surface area contributed by atoms with Crippen LogP contribution in [0.1, 0.15) is 5.69 Å². The van der Waals surface area contributed by atoms with Gasteiger partial charge in [0.2, 0.25) is 0 Å². The highest BCUT2D eigenvalue weighted by atomic mass is 127. The van der Waals surface area contributed by atoms with Crippen molar-refractivity contribution in [2.24, 2.45) is 0 Å². The van der Waals surface area contributed by atoms with E-state index in [1.165, 1.54) is 16.5 Å². The topological polar surface area (TPSA) is 14.1 Å². The molecule has 0 aliphatic carbocycles. The minimum atomic E-state index is 0. The molecule has 2 heteroatoms. The van der Waals surface area contributed by atoms with Crippen molar-refractivity contribution >= 4 is 10.8 Å². The third-order valence-electron chi connectivity index (χ3n) is 1.82. The van der Waals surface area contributed by atoms with Crippen molar-refractivity contribution in [3.05, 3.63) is 42.2 Å². The monoisotopic (exact) mass is 271 g/mol. The molecule has 0 spiro atoms. The maximum atomic E-state index is 3.17. The van der Waals surface area contributed by atoms with Crippen molar-refractivity contribution in [3.8, 4) is 0 Å². The van der Waals surface area contributed by atoms with Gasteiger partial charge in [-0.3, -0.25) is 0 Å². The molecule has 0 bridgehead atoms. The highest BCUT2D eigenvalue weighted by molar-refractivity contribution is 5.80. The van der Waals surface area contributed by atoms with E-state index in [1.807, 2.05) is 12.3 Å². The molecule has 0 fully saturated rings. The third kappa shape index (κ3) is 1.75. The van der Waals surface area contributed by atoms with Gasteiger partial charge in [0.25, 0.3) is 0 Å². The molecule has 12 heavy (non-hydrogen) atoms. The Morgan fingerprint density at radius 2 is 1.75 bits per heavy atom. The summed E-state index contributed by atoms with van der Waals surface area (Å²) in [6.45, 7) is 2.06. The van der Waals surface area contributed by atoms with Gasteiger partial charge in [-0.15, -0.1) is 0 Å². The van der Waals surface area contributed by atoms with Crippen LogP contribution < -0.4 is 29.0 Å². The fourth-order valence-electron chi connectivity index (χ4n) is 1.24. The van der Waals surface area contributed by atoms with E-state index in [1.54, 1.807) is 0 Å². The normalized spacial score (nSPS) is 9.42. The molecule has 0 saturated carbocycles. The van der Waals surface area contributed by atoms with Crippen molar-refractivity contribution in [2.45, 2.75) is 6.92 Å². The maximum Gasteiger partial charge on any atom is 0.177 e. The predicted octanol–water partition coefficient (Wildman–Crippen LogP) is -1.03. The number of rotatable bonds is 0. The van der Waals surface area contributed by atoms with Crippen LogP contribution in [0.15, 0.2) is 36.5 Å². The van der Waals surface area contributed by atoms with Crippen LogP contribution in [0.2, 0.25) is 0 Å². The second-order valence-corrected chi connectivity index (χ2v) is 2.74. The van der Waals surface area contributed by atoms with E-state index in [0.717, 1.165) is 0 Å². The Bertz CT molecular complexity index is 384. The van der Waals surface area contributed by atoms with Gasteiger partial charge in [0.1, 0.15) is 0 Å². The summed E-state index contributed by atoms with van der Waals surface area (Å²) in [6.07, 6.45) is 2.03. The van der Waals surface area contributed by atoms with E-state index < -0.39 is 0 Å². The van der Waals surface area contributed by atoms with Gasteiger partial charge in [-0.25, -0.2) is 4.98 Å². The van der Waals surface area contributed by atoms with E-state index in [2.05, 4.69) is 36.2 Å². The number of aromatic nitrogens is 1. The zero-order valence-electron chi connectivity index (χ0n) is 6.84. The SMILES string of the molecule is Cc1cc2ccccc2c[nH+]1.[I-]. The number of hydrogen-bond acceptors (Lipinski definition) is 0. The van der Waals surface area contributed by atoms with Crippen LogP contribution in [0.3, 0.4) is 0 Å². The first-order chi connectivity index (χ1) is 5.36. The Kier molecular flexibility index (Phi) is 3.03. The van der Waals surface area contributed by atoms with Crippen molar-refractivity contribution in [3.63, 3.8) is 0 Å². The van der Waals surface area contributed by atoms with E-state index in [4.69, 9.17) is 0 Å². The molecule has 0 aliphatic heterocycles. The Morgan fingerprint density at radius 1 is 1.08 bits per heavy atom. The maximum absolute atomic E-state index is 3.17. The lowest BCUT2D eigenvalue weighted by Crippen LogP contribution is -3.00. The second-order valence-electron chi connectivity index (χ2n) is 2.74. The first-order valence-electron chi connectivity index (χ1n) is 3.73. The molecule has 0 unspecified atom stereocenters. The molecule has 1 heterocycles. The highest BCUT2D eigenvalue weighted by Gasteiger charge is 1.95. The zero-order chi connectivity index (χ0) is 7.68. The fourth-order valence-corrected chi connectivity index (χ4v) is 1.24. The molecule has 0 saturated heterocycles. The number of pyridine rings is 1. The number of nitrogens with one attached hydrogen (secondary N) is 1. The summed E-state index contributed by atoms with van der Waals surface area (Å²) in [5.74, 6) is 0. The van der Waals surface area contributed by atoms with Gasteiger partial charge in [-0.05, 0) is 11.5 Å². The van der Waals surface area contributed by atoms with Crippen LogP contribution in [-0.2, 0) is 0 Å². The third-order valence-corrected chi connectivity index (χ3v) is 1.82. The summed E-state index contributed by atoms with van der Waals surface area (Å²) in [6, 6.07) is 10.5. The number of benzene rings is 1. The number of aromatic amines is 1. The van der Waals surface area contributed by atoms with E-state index in [9.17, 15) is 0 Å². The van der Waals surface area contributed by atoms with Crippen LogP contribution in [0, 0.1) is 6.92 Å². The molecule has 2 aromatic rings. The molecule has 1 nitrogen and oxygen atoms in total. The molecule has 0 amide bonds. The summed E-state index contributed by atoms with van der Waals surface area (Å²) in [4.78, 5) is 3.17. The molecule has 62 valence electrons. The summed E-state index contributed by atoms with van der Waals surface area (Å²) in [5.41, 5.74) is 1.20. The standard InChI is InChI=1S/C10H9N.HI/c1-8-6-9-4-2-3-5-10(9)7-11-8;/h2-7H,1H3;1H. The Morgan fingerprint density at radius 3 is 2.50 bits per heavy atom. The van der Waals surface area contributed by atoms with Crippen molar-refractivity contribution in [1.82, 2.24) is 0 Å². The molecule has 1 N–H and O–H groups in total. The fraction of sp³-hybridized carbons (Fsp3) is 0.100. The molecule has 0 atom stereocenters. The van der Waals surface area contributed by atoms with Crippen LogP contribution >= 0.6 is 0 Å². The number of aryl methyl sites for hydroxylation is 1. The minimum Gasteiger partial charge on any atom is -1.00 e. The average molecular weight is 271 g/mol. The Labute approximate surface area is 88.8 Å². The van der Waals surface area contributed by atoms with Gasteiger partial charge in [-0.2, -0.15) is 0 Å². The van der Waals surface area contributed by atoms with Crippen LogP contribution in [0.5, 0.6) is 0 Å².